The zero-order chi connectivity index (χ0) is 12.8. The normalized spacial score (nSPS) is 13.4. The number of hydrogen-bond acceptors (Lipinski definition) is 4. The van der Waals surface area contributed by atoms with Crippen LogP contribution >= 0.6 is 0 Å². The Balaban J connectivity index is 4.49. The first-order valence-electron chi connectivity index (χ1n) is 4.92. The Kier molecular flexibility index (Phi) is 5.98. The van der Waals surface area contributed by atoms with Gasteiger partial charge in [0, 0.05) is 20.6 Å². The minimum Gasteiger partial charge on any atom is -0.481 e. The lowest BCUT2D eigenvalue weighted by atomic mass is 9.93. The molecule has 0 spiro atoms. The van der Waals surface area contributed by atoms with Gasteiger partial charge in [-0.1, -0.05) is 0 Å². The van der Waals surface area contributed by atoms with Crippen molar-refractivity contribution in [2.45, 2.75) is 32.0 Å². The van der Waals surface area contributed by atoms with Gasteiger partial charge in [0.05, 0.1) is 0 Å². The lowest BCUT2D eigenvalue weighted by molar-refractivity contribution is -0.232. The zero-order valence-electron chi connectivity index (χ0n) is 9.73. The Morgan fingerprint density at radius 1 is 1.25 bits per heavy atom. The Labute approximate surface area is 94.2 Å². The van der Waals surface area contributed by atoms with Crippen molar-refractivity contribution in [2.24, 2.45) is 5.92 Å². The van der Waals surface area contributed by atoms with Gasteiger partial charge in [-0.2, -0.15) is 0 Å². The number of carboxylic acid groups (broad SMARTS) is 2. The highest BCUT2D eigenvalue weighted by atomic mass is 16.7. The fraction of sp³-hybridized carbons (Fsp3) is 0.800. The third-order valence-corrected chi connectivity index (χ3v) is 2.63. The molecule has 0 aromatic rings. The standard InChI is InChI=1S/C10H18O6/c1-10(15-2,16-3)7(9(13)14)5-4-6-8(11)12/h7H,4-6H2,1-3H3,(H,11,12)(H,13,14). The van der Waals surface area contributed by atoms with Crippen LogP contribution in [0.15, 0.2) is 0 Å². The summed E-state index contributed by atoms with van der Waals surface area (Å²) in [4.78, 5) is 21.4. The quantitative estimate of drug-likeness (QED) is 0.607. The molecule has 94 valence electrons. The molecule has 16 heavy (non-hydrogen) atoms. The molecule has 0 aliphatic heterocycles. The van der Waals surface area contributed by atoms with E-state index in [9.17, 15) is 9.59 Å². The number of hydrogen-bond donors (Lipinski definition) is 2. The molecule has 0 amide bonds. The van der Waals surface area contributed by atoms with Crippen molar-refractivity contribution in [3.8, 4) is 0 Å². The SMILES string of the molecule is COC(C)(OC)C(CCCC(=O)O)C(=O)O. The van der Waals surface area contributed by atoms with Crippen molar-refractivity contribution in [3.05, 3.63) is 0 Å². The van der Waals surface area contributed by atoms with Crippen LogP contribution in [0, 0.1) is 5.92 Å². The topological polar surface area (TPSA) is 93.1 Å². The van der Waals surface area contributed by atoms with Crippen LogP contribution in [0.3, 0.4) is 0 Å². The molecule has 0 bridgehead atoms. The summed E-state index contributed by atoms with van der Waals surface area (Å²) in [6.07, 6.45) is 0.404. The van der Waals surface area contributed by atoms with E-state index in [1.807, 2.05) is 0 Å². The second-order valence-electron chi connectivity index (χ2n) is 3.60. The lowest BCUT2D eigenvalue weighted by Crippen LogP contribution is -2.43. The molecule has 0 fully saturated rings. The predicted molar refractivity (Wildman–Crippen MR) is 55.0 cm³/mol. The molecule has 0 aliphatic rings. The van der Waals surface area contributed by atoms with Gasteiger partial charge < -0.3 is 19.7 Å². The maximum atomic E-state index is 11.0. The van der Waals surface area contributed by atoms with Gasteiger partial charge in [-0.05, 0) is 19.8 Å². The van der Waals surface area contributed by atoms with Gasteiger partial charge in [0.25, 0.3) is 0 Å². The summed E-state index contributed by atoms with van der Waals surface area (Å²) in [6, 6.07) is 0. The summed E-state index contributed by atoms with van der Waals surface area (Å²) in [7, 11) is 2.72. The number of aliphatic carboxylic acids is 2. The van der Waals surface area contributed by atoms with Crippen LogP contribution in [0.4, 0.5) is 0 Å². The fourth-order valence-electron chi connectivity index (χ4n) is 1.44. The molecule has 2 N–H and O–H groups in total. The average Bonchev–Trinajstić information content (AvgIpc) is 2.22. The lowest BCUT2D eigenvalue weighted by Gasteiger charge is -2.32. The molecule has 0 aliphatic carbocycles. The molecule has 0 heterocycles. The van der Waals surface area contributed by atoms with E-state index in [0.717, 1.165) is 0 Å². The van der Waals surface area contributed by atoms with Gasteiger partial charge in [-0.3, -0.25) is 9.59 Å². The fourth-order valence-corrected chi connectivity index (χ4v) is 1.44. The second kappa shape index (κ2) is 6.44. The predicted octanol–water partition coefficient (Wildman–Crippen LogP) is 0.951. The van der Waals surface area contributed by atoms with Gasteiger partial charge in [0.1, 0.15) is 5.92 Å². The summed E-state index contributed by atoms with van der Waals surface area (Å²) in [5.74, 6) is -4.12. The first-order valence-corrected chi connectivity index (χ1v) is 4.92. The number of methoxy groups -OCH3 is 2. The molecule has 0 aromatic heterocycles. The second-order valence-corrected chi connectivity index (χ2v) is 3.60. The van der Waals surface area contributed by atoms with E-state index in [2.05, 4.69) is 0 Å². The third-order valence-electron chi connectivity index (χ3n) is 2.63. The average molecular weight is 234 g/mol. The summed E-state index contributed by atoms with van der Waals surface area (Å²) in [6.45, 7) is 1.52. The summed E-state index contributed by atoms with van der Waals surface area (Å²) >= 11 is 0. The maximum Gasteiger partial charge on any atom is 0.311 e. The molecule has 0 saturated heterocycles. The Bertz CT molecular complexity index is 246. The Morgan fingerprint density at radius 2 is 1.75 bits per heavy atom. The van der Waals surface area contributed by atoms with Crippen LogP contribution in [-0.2, 0) is 19.1 Å². The van der Waals surface area contributed by atoms with E-state index in [1.165, 1.54) is 21.1 Å². The van der Waals surface area contributed by atoms with E-state index in [-0.39, 0.29) is 19.3 Å². The summed E-state index contributed by atoms with van der Waals surface area (Å²) in [5, 5.41) is 17.5. The van der Waals surface area contributed by atoms with Crippen LogP contribution in [-0.4, -0.2) is 42.2 Å². The molecular formula is C10H18O6. The number of ether oxygens (including phenoxy) is 2. The first-order chi connectivity index (χ1) is 7.37. The van der Waals surface area contributed by atoms with Crippen molar-refractivity contribution in [1.82, 2.24) is 0 Å². The van der Waals surface area contributed by atoms with Crippen LogP contribution in [0.2, 0.25) is 0 Å². The molecule has 1 unspecified atom stereocenters. The molecule has 6 nitrogen and oxygen atoms in total. The molecule has 0 aromatic carbocycles. The summed E-state index contributed by atoms with van der Waals surface area (Å²) < 4.78 is 10.0. The largest absolute Gasteiger partial charge is 0.481 e. The van der Waals surface area contributed by atoms with Gasteiger partial charge in [0.2, 0.25) is 0 Å². The van der Waals surface area contributed by atoms with Crippen molar-refractivity contribution < 1.29 is 29.3 Å². The first kappa shape index (κ1) is 14.9. The van der Waals surface area contributed by atoms with Gasteiger partial charge in [0.15, 0.2) is 5.79 Å². The van der Waals surface area contributed by atoms with E-state index in [1.54, 1.807) is 0 Å². The van der Waals surface area contributed by atoms with Gasteiger partial charge >= 0.3 is 11.9 Å². The van der Waals surface area contributed by atoms with E-state index in [4.69, 9.17) is 19.7 Å². The molecule has 6 heteroatoms. The van der Waals surface area contributed by atoms with Gasteiger partial charge in [-0.15, -0.1) is 0 Å². The van der Waals surface area contributed by atoms with Crippen molar-refractivity contribution in [2.75, 3.05) is 14.2 Å². The molecular weight excluding hydrogens is 216 g/mol. The van der Waals surface area contributed by atoms with Crippen molar-refractivity contribution >= 4 is 11.9 Å². The molecule has 1 atom stereocenters. The molecule has 0 rings (SSSR count). The van der Waals surface area contributed by atoms with Crippen molar-refractivity contribution in [3.63, 3.8) is 0 Å². The van der Waals surface area contributed by atoms with Crippen molar-refractivity contribution in [1.29, 1.82) is 0 Å². The smallest absolute Gasteiger partial charge is 0.311 e. The third kappa shape index (κ3) is 4.16. The highest BCUT2D eigenvalue weighted by Gasteiger charge is 2.39. The van der Waals surface area contributed by atoms with Gasteiger partial charge in [-0.25, -0.2) is 0 Å². The monoisotopic (exact) mass is 234 g/mol. The van der Waals surface area contributed by atoms with Crippen LogP contribution in [0.5, 0.6) is 0 Å². The maximum absolute atomic E-state index is 11.0. The molecule has 0 saturated carbocycles. The number of carbonyl (C=O) groups is 2. The number of rotatable bonds is 8. The van der Waals surface area contributed by atoms with E-state index in [0.29, 0.717) is 0 Å². The Morgan fingerprint density at radius 3 is 2.06 bits per heavy atom. The van der Waals surface area contributed by atoms with Crippen LogP contribution < -0.4 is 0 Å². The highest BCUT2D eigenvalue weighted by Crippen LogP contribution is 2.27. The highest BCUT2D eigenvalue weighted by molar-refractivity contribution is 5.71. The summed E-state index contributed by atoms with van der Waals surface area (Å²) in [5.41, 5.74) is 0. The molecule has 0 radical (unpaired) electrons. The minimum atomic E-state index is -1.23. The van der Waals surface area contributed by atoms with Crippen LogP contribution in [0.25, 0.3) is 0 Å². The minimum absolute atomic E-state index is 0.0622. The van der Waals surface area contributed by atoms with E-state index >= 15 is 0 Å². The number of carboxylic acids is 2. The zero-order valence-corrected chi connectivity index (χ0v) is 9.73. The Hall–Kier alpha value is -1.14. The van der Waals surface area contributed by atoms with E-state index < -0.39 is 23.6 Å². The van der Waals surface area contributed by atoms with Crippen LogP contribution in [0.1, 0.15) is 26.2 Å².